The van der Waals surface area contributed by atoms with Gasteiger partial charge in [0.15, 0.2) is 0 Å². The number of hydrogen-bond acceptors (Lipinski definition) is 4. The van der Waals surface area contributed by atoms with Crippen LogP contribution in [0.15, 0.2) is 22.7 Å². The number of ether oxygens (including phenoxy) is 1. The lowest BCUT2D eigenvalue weighted by Gasteiger charge is -2.33. The average molecular weight is 398 g/mol. The summed E-state index contributed by atoms with van der Waals surface area (Å²) in [6.45, 7) is 5.31. The van der Waals surface area contributed by atoms with Gasteiger partial charge in [0.05, 0.1) is 12.3 Å². The van der Waals surface area contributed by atoms with E-state index in [4.69, 9.17) is 4.74 Å². The number of nitrogens with one attached hydrogen (secondary N) is 1. The normalized spacial score (nSPS) is 14.3. The van der Waals surface area contributed by atoms with Crippen LogP contribution >= 0.6 is 15.9 Å². The maximum absolute atomic E-state index is 12.2. The van der Waals surface area contributed by atoms with Gasteiger partial charge in [0, 0.05) is 30.7 Å². The van der Waals surface area contributed by atoms with Crippen molar-refractivity contribution in [1.29, 1.82) is 0 Å². The lowest BCUT2D eigenvalue weighted by atomic mass is 10.2. The molecule has 0 aromatic heterocycles. The highest BCUT2D eigenvalue weighted by molar-refractivity contribution is 9.10. The van der Waals surface area contributed by atoms with Crippen molar-refractivity contribution in [3.05, 3.63) is 28.2 Å². The van der Waals surface area contributed by atoms with Gasteiger partial charge in [-0.2, -0.15) is 0 Å². The summed E-state index contributed by atoms with van der Waals surface area (Å²) in [6.07, 6.45) is -0.391. The molecule has 24 heavy (non-hydrogen) atoms. The van der Waals surface area contributed by atoms with Crippen LogP contribution in [0.25, 0.3) is 0 Å². The molecule has 1 aliphatic rings. The zero-order valence-corrected chi connectivity index (χ0v) is 15.3. The zero-order valence-electron chi connectivity index (χ0n) is 13.7. The number of benzene rings is 1. The van der Waals surface area contributed by atoms with Gasteiger partial charge in [-0.3, -0.25) is 9.59 Å². The van der Waals surface area contributed by atoms with Crippen molar-refractivity contribution in [2.75, 3.05) is 38.1 Å². The van der Waals surface area contributed by atoms with E-state index in [1.165, 1.54) is 9.80 Å². The van der Waals surface area contributed by atoms with Crippen molar-refractivity contribution >= 4 is 39.5 Å². The molecule has 0 aliphatic carbocycles. The van der Waals surface area contributed by atoms with Crippen LogP contribution in [-0.4, -0.2) is 60.5 Å². The number of halogens is 1. The lowest BCUT2D eigenvalue weighted by molar-refractivity contribution is -0.144. The minimum absolute atomic E-state index is 0.306. The quantitative estimate of drug-likeness (QED) is 0.773. The molecule has 3 amide bonds. The Bertz CT molecular complexity index is 642. The summed E-state index contributed by atoms with van der Waals surface area (Å²) in [5.74, 6) is -1.30. The molecule has 0 atom stereocenters. The van der Waals surface area contributed by atoms with Crippen LogP contribution in [0.2, 0.25) is 0 Å². The molecule has 0 saturated carbocycles. The number of aryl methyl sites for hydroxylation is 1. The van der Waals surface area contributed by atoms with Gasteiger partial charge in [0.25, 0.3) is 0 Å². The van der Waals surface area contributed by atoms with Gasteiger partial charge in [-0.1, -0.05) is 6.07 Å². The van der Waals surface area contributed by atoms with Crippen molar-refractivity contribution < 1.29 is 19.1 Å². The predicted molar refractivity (Wildman–Crippen MR) is 92.7 cm³/mol. The maximum Gasteiger partial charge on any atom is 0.409 e. The molecule has 1 saturated heterocycles. The van der Waals surface area contributed by atoms with Crippen LogP contribution in [0.4, 0.5) is 10.5 Å². The third-order valence-electron chi connectivity index (χ3n) is 3.66. The lowest BCUT2D eigenvalue weighted by Crippen LogP contribution is -2.53. The van der Waals surface area contributed by atoms with E-state index in [-0.39, 0.29) is 0 Å². The van der Waals surface area contributed by atoms with Crippen LogP contribution in [0.1, 0.15) is 12.5 Å². The highest BCUT2D eigenvalue weighted by Gasteiger charge is 2.28. The van der Waals surface area contributed by atoms with E-state index >= 15 is 0 Å². The minimum Gasteiger partial charge on any atom is -0.450 e. The Morgan fingerprint density at radius 2 is 1.79 bits per heavy atom. The second-order valence-corrected chi connectivity index (χ2v) is 6.27. The fourth-order valence-electron chi connectivity index (χ4n) is 2.35. The van der Waals surface area contributed by atoms with Crippen molar-refractivity contribution in [2.24, 2.45) is 0 Å². The van der Waals surface area contributed by atoms with E-state index in [9.17, 15) is 14.4 Å². The highest BCUT2D eigenvalue weighted by Crippen LogP contribution is 2.23. The van der Waals surface area contributed by atoms with E-state index < -0.39 is 17.9 Å². The molecule has 0 bridgehead atoms. The van der Waals surface area contributed by atoms with Gasteiger partial charge >= 0.3 is 17.9 Å². The van der Waals surface area contributed by atoms with E-state index in [1.807, 2.05) is 19.1 Å². The predicted octanol–water partition coefficient (Wildman–Crippen LogP) is 2.00. The molecule has 1 aromatic carbocycles. The van der Waals surface area contributed by atoms with Crippen LogP contribution < -0.4 is 5.32 Å². The molecule has 0 spiro atoms. The molecule has 1 fully saturated rings. The van der Waals surface area contributed by atoms with E-state index in [0.717, 1.165) is 10.0 Å². The molecule has 1 aromatic rings. The number of piperazine rings is 1. The first kappa shape index (κ1) is 18.3. The molecule has 8 heteroatoms. The number of nitrogens with zero attached hydrogens (tertiary/aromatic N) is 2. The summed E-state index contributed by atoms with van der Waals surface area (Å²) >= 11 is 3.36. The molecular weight excluding hydrogens is 378 g/mol. The molecule has 1 heterocycles. The van der Waals surface area contributed by atoms with Gasteiger partial charge in [-0.25, -0.2) is 4.79 Å². The second-order valence-electron chi connectivity index (χ2n) is 5.42. The first-order chi connectivity index (χ1) is 11.4. The molecule has 1 N–H and O–H groups in total. The topological polar surface area (TPSA) is 79.0 Å². The summed E-state index contributed by atoms with van der Waals surface area (Å²) < 4.78 is 5.64. The van der Waals surface area contributed by atoms with Crippen molar-refractivity contribution in [1.82, 2.24) is 9.80 Å². The first-order valence-electron chi connectivity index (χ1n) is 7.70. The van der Waals surface area contributed by atoms with Gasteiger partial charge in [-0.05, 0) is 47.5 Å². The number of carbonyl (C=O) groups excluding carboxylic acids is 3. The fraction of sp³-hybridized carbons (Fsp3) is 0.438. The Labute approximate surface area is 149 Å². The summed E-state index contributed by atoms with van der Waals surface area (Å²) in [7, 11) is 0. The van der Waals surface area contributed by atoms with Gasteiger partial charge < -0.3 is 19.9 Å². The van der Waals surface area contributed by atoms with E-state index in [1.54, 1.807) is 13.0 Å². The fourth-order valence-corrected chi connectivity index (χ4v) is 2.94. The summed E-state index contributed by atoms with van der Waals surface area (Å²) in [6, 6.07) is 5.45. The molecule has 0 radical (unpaired) electrons. The van der Waals surface area contributed by atoms with Crippen LogP contribution in [0.3, 0.4) is 0 Å². The Balaban J connectivity index is 1.90. The van der Waals surface area contributed by atoms with Crippen molar-refractivity contribution in [3.63, 3.8) is 0 Å². The third kappa shape index (κ3) is 4.47. The first-order valence-corrected chi connectivity index (χ1v) is 8.49. The number of anilines is 1. The monoisotopic (exact) mass is 397 g/mol. The number of hydrogen-bond donors (Lipinski definition) is 1. The summed E-state index contributed by atoms with van der Waals surface area (Å²) in [5.41, 5.74) is 1.59. The SMILES string of the molecule is CCOC(=O)N1CCN(C(=O)C(=O)Nc2ccc(C)cc2Br)CC1. The molecule has 1 aliphatic heterocycles. The smallest absolute Gasteiger partial charge is 0.409 e. The van der Waals surface area contributed by atoms with Gasteiger partial charge in [0.2, 0.25) is 0 Å². The van der Waals surface area contributed by atoms with Crippen LogP contribution in [0, 0.1) is 6.92 Å². The largest absolute Gasteiger partial charge is 0.450 e. The molecule has 0 unspecified atom stereocenters. The second kappa shape index (κ2) is 8.14. The van der Waals surface area contributed by atoms with Crippen molar-refractivity contribution in [2.45, 2.75) is 13.8 Å². The minimum atomic E-state index is -0.691. The number of carbonyl (C=O) groups is 3. The highest BCUT2D eigenvalue weighted by atomic mass is 79.9. The zero-order chi connectivity index (χ0) is 17.7. The summed E-state index contributed by atoms with van der Waals surface area (Å²) in [5, 5.41) is 2.61. The Morgan fingerprint density at radius 3 is 2.38 bits per heavy atom. The molecule has 130 valence electrons. The third-order valence-corrected chi connectivity index (χ3v) is 4.32. The number of amides is 3. The Kier molecular flexibility index (Phi) is 6.19. The van der Waals surface area contributed by atoms with Crippen LogP contribution in [-0.2, 0) is 14.3 Å². The standard InChI is InChI=1S/C16H20BrN3O4/c1-3-24-16(23)20-8-6-19(7-9-20)15(22)14(21)18-13-5-4-11(2)10-12(13)17/h4-5,10H,3,6-9H2,1-2H3,(H,18,21). The Morgan fingerprint density at radius 1 is 1.17 bits per heavy atom. The molecule has 7 nitrogen and oxygen atoms in total. The van der Waals surface area contributed by atoms with Crippen LogP contribution in [0.5, 0.6) is 0 Å². The number of rotatable bonds is 2. The maximum atomic E-state index is 12.2. The van der Waals surface area contributed by atoms with E-state index in [2.05, 4.69) is 21.2 Å². The summed E-state index contributed by atoms with van der Waals surface area (Å²) in [4.78, 5) is 39.0. The molecule has 2 rings (SSSR count). The van der Waals surface area contributed by atoms with Gasteiger partial charge in [-0.15, -0.1) is 0 Å². The van der Waals surface area contributed by atoms with Crippen molar-refractivity contribution in [3.8, 4) is 0 Å². The molecular formula is C16H20BrN3O4. The Hall–Kier alpha value is -2.09. The van der Waals surface area contributed by atoms with Gasteiger partial charge in [0.1, 0.15) is 0 Å². The average Bonchev–Trinajstić information content (AvgIpc) is 2.57. The van der Waals surface area contributed by atoms with E-state index in [0.29, 0.717) is 38.5 Å².